The Labute approximate surface area is 111 Å². The highest BCUT2D eigenvalue weighted by molar-refractivity contribution is 5.35. The molecule has 19 heavy (non-hydrogen) atoms. The highest BCUT2D eigenvalue weighted by Gasteiger charge is 2.10. The fourth-order valence-corrected chi connectivity index (χ4v) is 1.86. The van der Waals surface area contributed by atoms with Gasteiger partial charge in [0.25, 0.3) is 0 Å². The Bertz CT molecular complexity index is 552. The summed E-state index contributed by atoms with van der Waals surface area (Å²) in [6.45, 7) is 2.04. The number of halogens is 1. The van der Waals surface area contributed by atoms with Crippen LogP contribution in [0.2, 0.25) is 0 Å². The Morgan fingerprint density at radius 1 is 1.47 bits per heavy atom. The molecule has 0 saturated carbocycles. The monoisotopic (exact) mass is 264 g/mol. The zero-order valence-electron chi connectivity index (χ0n) is 11.0. The van der Waals surface area contributed by atoms with Crippen LogP contribution in [-0.2, 0) is 13.5 Å². The van der Waals surface area contributed by atoms with E-state index < -0.39 is 6.10 Å². The zero-order chi connectivity index (χ0) is 13.8. The van der Waals surface area contributed by atoms with E-state index >= 15 is 0 Å². The molecule has 0 amide bonds. The van der Waals surface area contributed by atoms with Gasteiger partial charge in [-0.05, 0) is 24.6 Å². The summed E-state index contributed by atoms with van der Waals surface area (Å²) in [5.74, 6) is 0.0136. The fourth-order valence-electron chi connectivity index (χ4n) is 1.86. The third kappa shape index (κ3) is 3.54. The van der Waals surface area contributed by atoms with Crippen molar-refractivity contribution in [1.82, 2.24) is 9.78 Å². The van der Waals surface area contributed by atoms with E-state index in [1.54, 1.807) is 23.9 Å². The number of ether oxygens (including phenoxy) is 1. The van der Waals surface area contributed by atoms with Crippen LogP contribution < -0.4 is 4.74 Å². The topological polar surface area (TPSA) is 47.3 Å². The molecule has 2 aromatic rings. The summed E-state index contributed by atoms with van der Waals surface area (Å²) in [5.41, 5.74) is 1.64. The molecule has 4 nitrogen and oxygen atoms in total. The second-order valence-electron chi connectivity index (χ2n) is 4.48. The van der Waals surface area contributed by atoms with E-state index in [4.69, 9.17) is 4.74 Å². The number of aliphatic hydroxyl groups is 1. The van der Waals surface area contributed by atoms with Crippen molar-refractivity contribution in [2.45, 2.75) is 19.4 Å². The van der Waals surface area contributed by atoms with E-state index in [-0.39, 0.29) is 5.82 Å². The molecule has 1 heterocycles. The van der Waals surface area contributed by atoms with Crippen LogP contribution in [0.25, 0.3) is 0 Å². The number of nitrogens with zero attached hydrogens (tertiary/aromatic N) is 2. The standard InChI is InChI=1S/C14H17FN2O2/c1-10(18)13-4-3-12(15)7-14(13)19-6-5-11-8-16-17(2)9-11/h3-4,7-10,18H,5-6H2,1-2H3/t10-/m1/s1. The normalized spacial score (nSPS) is 12.4. The highest BCUT2D eigenvalue weighted by Crippen LogP contribution is 2.26. The molecule has 5 heteroatoms. The van der Waals surface area contributed by atoms with Gasteiger partial charge in [0, 0.05) is 31.3 Å². The SMILES string of the molecule is C[C@@H](O)c1ccc(F)cc1OCCc1cnn(C)c1. The molecule has 0 aliphatic carbocycles. The minimum Gasteiger partial charge on any atom is -0.493 e. The van der Waals surface area contributed by atoms with Crippen molar-refractivity contribution in [2.75, 3.05) is 6.61 Å². The van der Waals surface area contributed by atoms with Crippen molar-refractivity contribution < 1.29 is 14.2 Å². The number of aryl methyl sites for hydroxylation is 1. The summed E-state index contributed by atoms with van der Waals surface area (Å²) in [4.78, 5) is 0. The number of aromatic nitrogens is 2. The molecule has 1 aromatic heterocycles. The second kappa shape index (κ2) is 5.84. The average Bonchev–Trinajstić information content (AvgIpc) is 2.75. The lowest BCUT2D eigenvalue weighted by Crippen LogP contribution is -2.05. The third-order valence-electron chi connectivity index (χ3n) is 2.83. The van der Waals surface area contributed by atoms with Crippen LogP contribution in [0.1, 0.15) is 24.2 Å². The molecule has 0 aliphatic rings. The first-order chi connectivity index (χ1) is 9.06. The molecule has 1 atom stereocenters. The van der Waals surface area contributed by atoms with Crippen LogP contribution in [0.5, 0.6) is 5.75 Å². The predicted molar refractivity (Wildman–Crippen MR) is 69.4 cm³/mol. The molecule has 0 spiro atoms. The first-order valence-electron chi connectivity index (χ1n) is 6.14. The van der Waals surface area contributed by atoms with E-state index in [1.807, 2.05) is 13.2 Å². The molecule has 102 valence electrons. The summed E-state index contributed by atoms with van der Waals surface area (Å²) < 4.78 is 20.5. The van der Waals surface area contributed by atoms with Gasteiger partial charge in [0.05, 0.1) is 18.9 Å². The van der Waals surface area contributed by atoms with E-state index in [9.17, 15) is 9.50 Å². The number of aliphatic hydroxyl groups excluding tert-OH is 1. The largest absolute Gasteiger partial charge is 0.493 e. The molecule has 2 rings (SSSR count). The Hall–Kier alpha value is -1.88. The van der Waals surface area contributed by atoms with Gasteiger partial charge in [-0.15, -0.1) is 0 Å². The number of benzene rings is 1. The lowest BCUT2D eigenvalue weighted by molar-refractivity contribution is 0.191. The van der Waals surface area contributed by atoms with Gasteiger partial charge in [-0.25, -0.2) is 4.39 Å². The number of hydrogen-bond acceptors (Lipinski definition) is 3. The predicted octanol–water partition coefficient (Wildman–Crippen LogP) is 2.23. The maximum Gasteiger partial charge on any atom is 0.128 e. The summed E-state index contributed by atoms with van der Waals surface area (Å²) in [7, 11) is 1.85. The van der Waals surface area contributed by atoms with Gasteiger partial charge >= 0.3 is 0 Å². The molecular formula is C14H17FN2O2. The van der Waals surface area contributed by atoms with Crippen molar-refractivity contribution in [1.29, 1.82) is 0 Å². The van der Waals surface area contributed by atoms with Gasteiger partial charge in [0.15, 0.2) is 0 Å². The first-order valence-corrected chi connectivity index (χ1v) is 6.14. The van der Waals surface area contributed by atoms with Gasteiger partial charge in [-0.3, -0.25) is 4.68 Å². The zero-order valence-corrected chi connectivity index (χ0v) is 11.0. The van der Waals surface area contributed by atoms with Crippen LogP contribution in [-0.4, -0.2) is 21.5 Å². The Morgan fingerprint density at radius 2 is 2.26 bits per heavy atom. The highest BCUT2D eigenvalue weighted by atomic mass is 19.1. The van der Waals surface area contributed by atoms with Crippen LogP contribution in [0.4, 0.5) is 4.39 Å². The lowest BCUT2D eigenvalue weighted by Gasteiger charge is -2.13. The molecule has 0 bridgehead atoms. The molecule has 0 unspecified atom stereocenters. The smallest absolute Gasteiger partial charge is 0.128 e. The maximum atomic E-state index is 13.2. The van der Waals surface area contributed by atoms with Crippen molar-refractivity contribution in [3.63, 3.8) is 0 Å². The van der Waals surface area contributed by atoms with Crippen LogP contribution in [0.3, 0.4) is 0 Å². The fraction of sp³-hybridized carbons (Fsp3) is 0.357. The lowest BCUT2D eigenvalue weighted by atomic mass is 10.1. The number of rotatable bonds is 5. The quantitative estimate of drug-likeness (QED) is 0.901. The summed E-state index contributed by atoms with van der Waals surface area (Å²) in [5, 5.41) is 13.7. The van der Waals surface area contributed by atoms with E-state index in [0.717, 1.165) is 5.56 Å². The molecule has 0 radical (unpaired) electrons. The van der Waals surface area contributed by atoms with Crippen molar-refractivity contribution in [3.05, 3.63) is 47.5 Å². The van der Waals surface area contributed by atoms with Crippen molar-refractivity contribution in [3.8, 4) is 5.75 Å². The van der Waals surface area contributed by atoms with Crippen LogP contribution in [0, 0.1) is 5.82 Å². The molecule has 0 saturated heterocycles. The van der Waals surface area contributed by atoms with Crippen LogP contribution in [0.15, 0.2) is 30.6 Å². The third-order valence-corrected chi connectivity index (χ3v) is 2.83. The molecule has 0 aliphatic heterocycles. The molecular weight excluding hydrogens is 247 g/mol. The maximum absolute atomic E-state index is 13.2. The molecule has 0 fully saturated rings. The summed E-state index contributed by atoms with van der Waals surface area (Å²) >= 11 is 0. The number of hydrogen-bond donors (Lipinski definition) is 1. The van der Waals surface area contributed by atoms with Crippen molar-refractivity contribution in [2.24, 2.45) is 7.05 Å². The van der Waals surface area contributed by atoms with Gasteiger partial charge in [-0.1, -0.05) is 0 Å². The minimum atomic E-state index is -0.686. The summed E-state index contributed by atoms with van der Waals surface area (Å²) in [6.07, 6.45) is 3.67. The summed E-state index contributed by atoms with van der Waals surface area (Å²) in [6, 6.07) is 4.15. The van der Waals surface area contributed by atoms with Crippen LogP contribution >= 0.6 is 0 Å². The Kier molecular flexibility index (Phi) is 4.16. The first kappa shape index (κ1) is 13.5. The molecule has 1 aromatic carbocycles. The minimum absolute atomic E-state index is 0.374. The van der Waals surface area contributed by atoms with E-state index in [1.165, 1.54) is 12.1 Å². The van der Waals surface area contributed by atoms with Gasteiger partial charge in [0.1, 0.15) is 11.6 Å². The molecule has 1 N–H and O–H groups in total. The van der Waals surface area contributed by atoms with E-state index in [2.05, 4.69) is 5.10 Å². The second-order valence-corrected chi connectivity index (χ2v) is 4.48. The Morgan fingerprint density at radius 3 is 2.89 bits per heavy atom. The van der Waals surface area contributed by atoms with E-state index in [0.29, 0.717) is 24.3 Å². The van der Waals surface area contributed by atoms with Gasteiger partial charge < -0.3 is 9.84 Å². The van der Waals surface area contributed by atoms with Gasteiger partial charge in [-0.2, -0.15) is 5.10 Å². The van der Waals surface area contributed by atoms with Crippen molar-refractivity contribution >= 4 is 0 Å². The Balaban J connectivity index is 2.00. The average molecular weight is 264 g/mol. The van der Waals surface area contributed by atoms with Gasteiger partial charge in [0.2, 0.25) is 0 Å².